The molecule has 2 aliphatic carbocycles. The van der Waals surface area contributed by atoms with E-state index in [2.05, 4.69) is 58.4 Å². The zero-order valence-electron chi connectivity index (χ0n) is 16.8. The van der Waals surface area contributed by atoms with Crippen LogP contribution >= 0.6 is 0 Å². The number of nitrogens with zero attached hydrogens (tertiary/aromatic N) is 3. The topological polar surface area (TPSA) is 34.2 Å². The van der Waals surface area contributed by atoms with Gasteiger partial charge in [0.1, 0.15) is 6.26 Å². The normalized spacial score (nSPS) is 16.4. The van der Waals surface area contributed by atoms with Gasteiger partial charge in [-0.25, -0.2) is 4.98 Å². The van der Waals surface area contributed by atoms with Crippen molar-refractivity contribution in [2.75, 3.05) is 13.6 Å². The van der Waals surface area contributed by atoms with E-state index >= 15 is 0 Å². The van der Waals surface area contributed by atoms with Gasteiger partial charge >= 0.3 is 0 Å². The van der Waals surface area contributed by atoms with Crippen LogP contribution in [0.15, 0.2) is 53.8 Å². The van der Waals surface area contributed by atoms with Crippen LogP contribution in [0.1, 0.15) is 30.4 Å². The summed E-state index contributed by atoms with van der Waals surface area (Å²) in [6.07, 6.45) is 8.18. The van der Waals surface area contributed by atoms with Gasteiger partial charge in [-0.15, -0.1) is 0 Å². The van der Waals surface area contributed by atoms with Crippen LogP contribution in [-0.4, -0.2) is 34.1 Å². The van der Waals surface area contributed by atoms with E-state index in [1.807, 2.05) is 0 Å². The molecule has 29 heavy (non-hydrogen) atoms. The lowest BCUT2D eigenvalue weighted by atomic mass is 10.0. The second kappa shape index (κ2) is 6.33. The molecule has 0 unspecified atom stereocenters. The molecule has 1 fully saturated rings. The van der Waals surface area contributed by atoms with Gasteiger partial charge in [0.05, 0.1) is 6.20 Å². The molecule has 4 heteroatoms. The first-order valence-corrected chi connectivity index (χ1v) is 10.6. The van der Waals surface area contributed by atoms with E-state index in [1.165, 1.54) is 51.3 Å². The van der Waals surface area contributed by atoms with Gasteiger partial charge in [-0.1, -0.05) is 12.6 Å². The minimum Gasteiger partial charge on any atom is -0.445 e. The summed E-state index contributed by atoms with van der Waals surface area (Å²) in [6.45, 7) is 6.38. The predicted molar refractivity (Wildman–Crippen MR) is 118 cm³/mol. The third-order valence-corrected chi connectivity index (χ3v) is 6.72. The lowest BCUT2D eigenvalue weighted by molar-refractivity contribution is 0.312. The van der Waals surface area contributed by atoms with E-state index in [9.17, 15) is 0 Å². The fraction of sp³-hybridized carbons (Fsp3) is 0.320. The summed E-state index contributed by atoms with van der Waals surface area (Å²) in [5.74, 6) is 0.679. The molecule has 2 aliphatic rings. The quantitative estimate of drug-likeness (QED) is 0.456. The Hall–Kier alpha value is -2.85. The summed E-state index contributed by atoms with van der Waals surface area (Å²) < 4.78 is 8.07. The van der Waals surface area contributed by atoms with E-state index in [0.717, 1.165) is 37.5 Å². The number of allylic oxidation sites excluding steroid dienone is 1. The predicted octanol–water partition coefficient (Wildman–Crippen LogP) is 5.50. The van der Waals surface area contributed by atoms with Crippen molar-refractivity contribution in [1.29, 1.82) is 0 Å². The highest BCUT2D eigenvalue weighted by atomic mass is 16.3. The van der Waals surface area contributed by atoms with Gasteiger partial charge in [0.15, 0.2) is 0 Å². The molecule has 6 rings (SSSR count). The molecule has 0 radical (unpaired) electrons. The lowest BCUT2D eigenvalue weighted by Gasteiger charge is -2.17. The number of hydrogen-bond acceptors (Lipinski definition) is 3. The molecule has 0 bridgehead atoms. The number of oxazole rings is 1. The van der Waals surface area contributed by atoms with Crippen LogP contribution in [0.4, 0.5) is 0 Å². The van der Waals surface area contributed by atoms with E-state index < -0.39 is 0 Å². The van der Waals surface area contributed by atoms with Crippen molar-refractivity contribution >= 4 is 27.4 Å². The van der Waals surface area contributed by atoms with Gasteiger partial charge < -0.3 is 13.9 Å². The molecule has 0 aliphatic heterocycles. The highest BCUT2D eigenvalue weighted by molar-refractivity contribution is 6.12. The molecular weight excluding hydrogens is 358 g/mol. The molecule has 0 saturated heterocycles. The summed E-state index contributed by atoms with van der Waals surface area (Å²) >= 11 is 0. The molecule has 4 aromatic rings. The standard InChI is InChI=1S/C25H25N3O/c1-16-3-7-20-19(16)8-10-23-24(20)21-15-17(25-26-11-14-29-25)4-9-22(21)28(23)13-12-27(2)18-5-6-18/h4,8-11,14-15,18H,1,3,5-7,12-13H2,2H3. The molecular formula is C25H25N3O. The minimum absolute atomic E-state index is 0.679. The summed E-state index contributed by atoms with van der Waals surface area (Å²) in [5.41, 5.74) is 7.73. The molecule has 0 spiro atoms. The molecule has 146 valence electrons. The van der Waals surface area contributed by atoms with Crippen molar-refractivity contribution in [3.8, 4) is 11.5 Å². The number of aryl methyl sites for hydroxylation is 1. The summed E-state index contributed by atoms with van der Waals surface area (Å²) in [5, 5.41) is 2.69. The lowest BCUT2D eigenvalue weighted by Crippen LogP contribution is -2.25. The number of likely N-dealkylation sites (N-methyl/N-ethyl adjacent to an activating group) is 1. The molecule has 4 nitrogen and oxygen atoms in total. The van der Waals surface area contributed by atoms with Gasteiger partial charge in [0.2, 0.25) is 5.89 Å². The van der Waals surface area contributed by atoms with Crippen LogP contribution in [0, 0.1) is 0 Å². The number of fused-ring (bicyclic) bond motifs is 5. The molecule has 1 saturated carbocycles. The van der Waals surface area contributed by atoms with E-state index in [-0.39, 0.29) is 0 Å². The molecule has 2 aromatic carbocycles. The molecule has 0 amide bonds. The third-order valence-electron chi connectivity index (χ3n) is 6.72. The Morgan fingerprint density at radius 1 is 1.17 bits per heavy atom. The summed E-state index contributed by atoms with van der Waals surface area (Å²) in [4.78, 5) is 6.86. The largest absolute Gasteiger partial charge is 0.445 e. The average Bonchev–Trinajstić information content (AvgIpc) is 3.18. The Morgan fingerprint density at radius 2 is 2.03 bits per heavy atom. The first-order chi connectivity index (χ1) is 14.2. The van der Waals surface area contributed by atoms with Crippen LogP contribution in [0.3, 0.4) is 0 Å². The van der Waals surface area contributed by atoms with Crippen LogP contribution in [0.5, 0.6) is 0 Å². The summed E-state index contributed by atoms with van der Waals surface area (Å²) in [7, 11) is 2.26. The van der Waals surface area contributed by atoms with Gasteiger partial charge in [-0.3, -0.25) is 0 Å². The van der Waals surface area contributed by atoms with Crippen molar-refractivity contribution in [3.05, 3.63) is 60.5 Å². The van der Waals surface area contributed by atoms with Crippen molar-refractivity contribution < 1.29 is 4.42 Å². The zero-order valence-corrected chi connectivity index (χ0v) is 16.8. The maximum atomic E-state index is 5.57. The molecule has 2 aromatic heterocycles. The Kier molecular flexibility index (Phi) is 3.72. The van der Waals surface area contributed by atoms with E-state index in [4.69, 9.17) is 4.42 Å². The second-order valence-corrected chi connectivity index (χ2v) is 8.52. The van der Waals surface area contributed by atoms with Gasteiger partial charge in [0, 0.05) is 46.5 Å². The first-order valence-electron chi connectivity index (χ1n) is 10.6. The zero-order chi connectivity index (χ0) is 19.5. The maximum absolute atomic E-state index is 5.57. The van der Waals surface area contributed by atoms with Crippen molar-refractivity contribution in [2.24, 2.45) is 0 Å². The summed E-state index contributed by atoms with van der Waals surface area (Å²) in [6, 6.07) is 12.0. The smallest absolute Gasteiger partial charge is 0.225 e. The molecule has 0 atom stereocenters. The monoisotopic (exact) mass is 383 g/mol. The Bertz CT molecular complexity index is 1240. The van der Waals surface area contributed by atoms with Crippen LogP contribution < -0.4 is 0 Å². The second-order valence-electron chi connectivity index (χ2n) is 8.52. The highest BCUT2D eigenvalue weighted by Gasteiger charge is 2.26. The van der Waals surface area contributed by atoms with Gasteiger partial charge in [-0.05, 0) is 73.7 Å². The molecule has 0 N–H and O–H groups in total. The van der Waals surface area contributed by atoms with E-state index in [1.54, 1.807) is 12.5 Å². The fourth-order valence-electron chi connectivity index (χ4n) is 4.96. The Labute approximate surface area is 170 Å². The van der Waals surface area contributed by atoms with Crippen LogP contribution in [0.2, 0.25) is 0 Å². The molecule has 2 heterocycles. The van der Waals surface area contributed by atoms with Crippen molar-refractivity contribution in [1.82, 2.24) is 14.5 Å². The van der Waals surface area contributed by atoms with Crippen LogP contribution in [0.25, 0.3) is 38.8 Å². The SMILES string of the molecule is C=C1CCc2c1ccc1c2c2cc(-c3ncco3)ccc2n1CCN(C)C1CC1. The average molecular weight is 383 g/mol. The Balaban J connectivity index is 1.56. The highest BCUT2D eigenvalue weighted by Crippen LogP contribution is 2.41. The Morgan fingerprint density at radius 3 is 2.83 bits per heavy atom. The maximum Gasteiger partial charge on any atom is 0.225 e. The number of benzene rings is 2. The van der Waals surface area contributed by atoms with Gasteiger partial charge in [-0.2, -0.15) is 0 Å². The number of rotatable bonds is 5. The van der Waals surface area contributed by atoms with Crippen molar-refractivity contribution in [2.45, 2.75) is 38.3 Å². The van der Waals surface area contributed by atoms with E-state index in [0.29, 0.717) is 5.89 Å². The van der Waals surface area contributed by atoms with Crippen LogP contribution in [-0.2, 0) is 13.0 Å². The minimum atomic E-state index is 0.679. The third kappa shape index (κ3) is 2.66. The van der Waals surface area contributed by atoms with Crippen molar-refractivity contribution in [3.63, 3.8) is 0 Å². The number of aromatic nitrogens is 2. The van der Waals surface area contributed by atoms with Gasteiger partial charge in [0.25, 0.3) is 0 Å². The number of hydrogen-bond donors (Lipinski definition) is 0. The fourth-order valence-corrected chi connectivity index (χ4v) is 4.96. The first kappa shape index (κ1) is 17.0.